The fourth-order valence-corrected chi connectivity index (χ4v) is 1.70. The highest BCUT2D eigenvalue weighted by Gasteiger charge is 2.51. The Bertz CT molecular complexity index is 254. The van der Waals surface area contributed by atoms with Gasteiger partial charge in [0.05, 0.1) is 5.92 Å². The van der Waals surface area contributed by atoms with E-state index in [2.05, 4.69) is 0 Å². The van der Waals surface area contributed by atoms with E-state index in [4.69, 9.17) is 20.7 Å². The summed E-state index contributed by atoms with van der Waals surface area (Å²) in [6.45, 7) is -0.0768. The van der Waals surface area contributed by atoms with Crippen LogP contribution in [0.4, 0.5) is 0 Å². The van der Waals surface area contributed by atoms with Crippen LogP contribution in [0.15, 0.2) is 0 Å². The third-order valence-corrected chi connectivity index (χ3v) is 2.52. The van der Waals surface area contributed by atoms with Gasteiger partial charge in [0.25, 0.3) is 0 Å². The zero-order valence-electron chi connectivity index (χ0n) is 7.60. The first kappa shape index (κ1) is 10.9. The largest absolute Gasteiger partial charge is 0.481 e. The highest BCUT2D eigenvalue weighted by molar-refractivity contribution is 5.86. The molecule has 1 rings (SSSR count). The van der Waals surface area contributed by atoms with Crippen LogP contribution in [0.2, 0.25) is 0 Å². The van der Waals surface area contributed by atoms with Crippen LogP contribution >= 0.6 is 0 Å². The number of rotatable bonds is 3. The molecule has 14 heavy (non-hydrogen) atoms. The molecule has 1 aliphatic heterocycles. The summed E-state index contributed by atoms with van der Waals surface area (Å²) in [5.41, 5.74) is 3.55. The van der Waals surface area contributed by atoms with E-state index < -0.39 is 23.5 Å². The van der Waals surface area contributed by atoms with Crippen molar-refractivity contribution >= 4 is 11.9 Å². The van der Waals surface area contributed by atoms with E-state index in [-0.39, 0.29) is 13.2 Å². The second kappa shape index (κ2) is 3.93. The zero-order chi connectivity index (χ0) is 10.8. The molecule has 1 saturated heterocycles. The van der Waals surface area contributed by atoms with Crippen LogP contribution in [0.1, 0.15) is 12.8 Å². The molecule has 0 aromatic heterocycles. The summed E-state index contributed by atoms with van der Waals surface area (Å²) < 4.78 is 5.04. The second-order valence-electron chi connectivity index (χ2n) is 3.28. The lowest BCUT2D eigenvalue weighted by Crippen LogP contribution is -2.58. The molecular formula is C8H13NO5. The fraction of sp³-hybridized carbons (Fsp3) is 0.750. The van der Waals surface area contributed by atoms with E-state index in [1.165, 1.54) is 0 Å². The second-order valence-corrected chi connectivity index (χ2v) is 3.28. The van der Waals surface area contributed by atoms with Gasteiger partial charge in [-0.05, 0) is 12.8 Å². The van der Waals surface area contributed by atoms with Crippen LogP contribution in [-0.2, 0) is 14.3 Å². The normalized spacial score (nSPS) is 32.5. The molecule has 6 nitrogen and oxygen atoms in total. The summed E-state index contributed by atoms with van der Waals surface area (Å²) in [4.78, 5) is 21.8. The highest BCUT2D eigenvalue weighted by Crippen LogP contribution is 2.31. The number of aliphatic carboxylic acids is 2. The predicted octanol–water partition coefficient (Wildman–Crippen LogP) is -0.720. The monoisotopic (exact) mass is 203 g/mol. The molecule has 0 amide bonds. The predicted molar refractivity (Wildman–Crippen MR) is 45.7 cm³/mol. The van der Waals surface area contributed by atoms with Gasteiger partial charge in [0.1, 0.15) is 0 Å². The summed E-state index contributed by atoms with van der Waals surface area (Å²) in [6, 6.07) is 0. The third-order valence-electron chi connectivity index (χ3n) is 2.52. The minimum atomic E-state index is -1.75. The average Bonchev–Trinajstić information content (AvgIpc) is 2.17. The molecule has 1 heterocycles. The molecule has 2 atom stereocenters. The van der Waals surface area contributed by atoms with Crippen molar-refractivity contribution in [2.75, 3.05) is 13.2 Å². The Morgan fingerprint density at radius 1 is 1.50 bits per heavy atom. The quantitative estimate of drug-likeness (QED) is 0.558. The molecule has 2 unspecified atom stereocenters. The fourth-order valence-electron chi connectivity index (χ4n) is 1.70. The number of carbonyl (C=O) groups is 2. The maximum atomic E-state index is 11.0. The topological polar surface area (TPSA) is 110 Å². The summed E-state index contributed by atoms with van der Waals surface area (Å²) in [5.74, 6) is -3.52. The molecule has 0 spiro atoms. The van der Waals surface area contributed by atoms with Crippen molar-refractivity contribution in [1.29, 1.82) is 0 Å². The van der Waals surface area contributed by atoms with Gasteiger partial charge in [-0.1, -0.05) is 0 Å². The van der Waals surface area contributed by atoms with Gasteiger partial charge in [-0.2, -0.15) is 0 Å². The van der Waals surface area contributed by atoms with E-state index in [0.29, 0.717) is 12.8 Å². The summed E-state index contributed by atoms with van der Waals surface area (Å²) in [6.07, 6.45) is 0.838. The Morgan fingerprint density at radius 2 is 2.14 bits per heavy atom. The van der Waals surface area contributed by atoms with Crippen LogP contribution in [-0.4, -0.2) is 40.9 Å². The van der Waals surface area contributed by atoms with Crippen LogP contribution < -0.4 is 5.73 Å². The molecule has 4 N–H and O–H groups in total. The van der Waals surface area contributed by atoms with Gasteiger partial charge in [0, 0.05) is 13.2 Å². The van der Waals surface area contributed by atoms with E-state index in [0.717, 1.165) is 0 Å². The van der Waals surface area contributed by atoms with Crippen molar-refractivity contribution in [2.45, 2.75) is 18.4 Å². The summed E-state index contributed by atoms with van der Waals surface area (Å²) in [7, 11) is 0. The molecule has 1 aliphatic rings. The molecular weight excluding hydrogens is 190 g/mol. The lowest BCUT2D eigenvalue weighted by Gasteiger charge is -2.37. The Balaban J connectivity index is 2.98. The van der Waals surface area contributed by atoms with Gasteiger partial charge in [0.15, 0.2) is 5.60 Å². The first-order valence-electron chi connectivity index (χ1n) is 4.35. The van der Waals surface area contributed by atoms with Gasteiger partial charge < -0.3 is 20.7 Å². The van der Waals surface area contributed by atoms with Crippen molar-refractivity contribution < 1.29 is 24.5 Å². The van der Waals surface area contributed by atoms with E-state index in [1.54, 1.807) is 0 Å². The molecule has 0 aliphatic carbocycles. The zero-order valence-corrected chi connectivity index (χ0v) is 7.60. The summed E-state index contributed by atoms with van der Waals surface area (Å²) >= 11 is 0. The molecule has 0 radical (unpaired) electrons. The average molecular weight is 203 g/mol. The number of carboxylic acids is 2. The van der Waals surface area contributed by atoms with Gasteiger partial charge >= 0.3 is 11.9 Å². The molecule has 0 saturated carbocycles. The number of carboxylic acid groups (broad SMARTS) is 2. The van der Waals surface area contributed by atoms with E-state index in [1.807, 2.05) is 0 Å². The van der Waals surface area contributed by atoms with E-state index >= 15 is 0 Å². The molecule has 0 aromatic carbocycles. The van der Waals surface area contributed by atoms with Crippen molar-refractivity contribution in [3.8, 4) is 0 Å². The maximum Gasteiger partial charge on any atom is 0.338 e. The van der Waals surface area contributed by atoms with E-state index in [9.17, 15) is 9.59 Å². The molecule has 0 aromatic rings. The lowest BCUT2D eigenvalue weighted by atomic mass is 9.82. The van der Waals surface area contributed by atoms with Gasteiger partial charge in [-0.25, -0.2) is 4.79 Å². The lowest BCUT2D eigenvalue weighted by molar-refractivity contribution is -0.189. The summed E-state index contributed by atoms with van der Waals surface area (Å²) in [5, 5.41) is 17.8. The smallest absolute Gasteiger partial charge is 0.338 e. The molecule has 80 valence electrons. The van der Waals surface area contributed by atoms with Crippen LogP contribution in [0.25, 0.3) is 0 Å². The first-order chi connectivity index (χ1) is 6.54. The molecule has 1 fully saturated rings. The van der Waals surface area contributed by atoms with Crippen LogP contribution in [0, 0.1) is 5.92 Å². The number of hydrogen-bond acceptors (Lipinski definition) is 4. The number of ether oxygens (including phenoxy) is 1. The van der Waals surface area contributed by atoms with Crippen molar-refractivity contribution in [1.82, 2.24) is 0 Å². The minimum absolute atomic E-state index is 0.243. The first-order valence-corrected chi connectivity index (χ1v) is 4.35. The van der Waals surface area contributed by atoms with Crippen molar-refractivity contribution in [3.63, 3.8) is 0 Å². The Labute approximate surface area is 80.7 Å². The Kier molecular flexibility index (Phi) is 3.07. The van der Waals surface area contributed by atoms with Crippen molar-refractivity contribution in [2.24, 2.45) is 11.7 Å². The molecule has 6 heteroatoms. The van der Waals surface area contributed by atoms with Gasteiger partial charge in [-0.15, -0.1) is 0 Å². The minimum Gasteiger partial charge on any atom is -0.481 e. The highest BCUT2D eigenvalue weighted by atomic mass is 16.5. The number of hydrogen-bond donors (Lipinski definition) is 3. The van der Waals surface area contributed by atoms with Crippen LogP contribution in [0.3, 0.4) is 0 Å². The SMILES string of the molecule is NCC1(C(=O)O)OCCCC1C(=O)O. The number of nitrogens with two attached hydrogens (primary N) is 1. The van der Waals surface area contributed by atoms with Crippen molar-refractivity contribution in [3.05, 3.63) is 0 Å². The van der Waals surface area contributed by atoms with Crippen LogP contribution in [0.5, 0.6) is 0 Å². The third kappa shape index (κ3) is 1.58. The van der Waals surface area contributed by atoms with Gasteiger partial charge in [0.2, 0.25) is 0 Å². The Hall–Kier alpha value is -1.14. The standard InChI is InChI=1S/C8H13NO5/c9-4-8(7(12)13)5(6(10)11)2-1-3-14-8/h5H,1-4,9H2,(H,10,11)(H,12,13). The Morgan fingerprint density at radius 3 is 2.50 bits per heavy atom. The van der Waals surface area contributed by atoms with Gasteiger partial charge in [-0.3, -0.25) is 4.79 Å². The maximum absolute atomic E-state index is 11.0. The molecule has 0 bridgehead atoms.